The molecule has 0 N–H and O–H groups in total. The zero-order chi connectivity index (χ0) is 18.8. The lowest BCUT2D eigenvalue weighted by Gasteiger charge is -2.20. The van der Waals surface area contributed by atoms with Crippen LogP contribution in [0.25, 0.3) is 10.2 Å². The minimum atomic E-state index is -0.395. The van der Waals surface area contributed by atoms with Gasteiger partial charge in [-0.3, -0.25) is 9.69 Å². The van der Waals surface area contributed by atoms with Crippen LogP contribution in [0.5, 0.6) is 0 Å². The van der Waals surface area contributed by atoms with Gasteiger partial charge in [0.05, 0.1) is 11.2 Å². The van der Waals surface area contributed by atoms with E-state index in [-0.39, 0.29) is 11.4 Å². The molecular formula is C21H14ClFN2OS. The zero-order valence-corrected chi connectivity index (χ0v) is 15.7. The van der Waals surface area contributed by atoms with Gasteiger partial charge in [-0.25, -0.2) is 9.37 Å². The van der Waals surface area contributed by atoms with Gasteiger partial charge in [0.1, 0.15) is 11.3 Å². The Morgan fingerprint density at radius 2 is 1.74 bits per heavy atom. The molecule has 0 unspecified atom stereocenters. The molecule has 134 valence electrons. The third-order valence-electron chi connectivity index (χ3n) is 4.11. The molecule has 1 heterocycles. The van der Waals surface area contributed by atoms with Crippen molar-refractivity contribution in [3.8, 4) is 0 Å². The monoisotopic (exact) mass is 396 g/mol. The van der Waals surface area contributed by atoms with Crippen LogP contribution in [-0.2, 0) is 6.54 Å². The fraction of sp³-hybridized carbons (Fsp3) is 0.0476. The van der Waals surface area contributed by atoms with Crippen LogP contribution in [0.15, 0.2) is 72.8 Å². The number of thiazole rings is 1. The lowest BCUT2D eigenvalue weighted by Crippen LogP contribution is -2.30. The van der Waals surface area contributed by atoms with E-state index in [4.69, 9.17) is 11.6 Å². The smallest absolute Gasteiger partial charge is 0.260 e. The van der Waals surface area contributed by atoms with Crippen molar-refractivity contribution in [3.05, 3.63) is 94.8 Å². The van der Waals surface area contributed by atoms with E-state index in [1.54, 1.807) is 41.3 Å². The first-order valence-corrected chi connectivity index (χ1v) is 9.48. The van der Waals surface area contributed by atoms with Gasteiger partial charge in [-0.15, -0.1) is 0 Å². The Kier molecular flexibility index (Phi) is 4.88. The number of nitrogens with zero attached hydrogens (tertiary/aromatic N) is 2. The molecular weight excluding hydrogens is 383 g/mol. The summed E-state index contributed by atoms with van der Waals surface area (Å²) in [6.45, 7) is 0.337. The van der Waals surface area contributed by atoms with E-state index >= 15 is 0 Å². The fourth-order valence-electron chi connectivity index (χ4n) is 2.76. The quantitative estimate of drug-likeness (QED) is 0.428. The minimum Gasteiger partial charge on any atom is -0.279 e. The molecule has 0 radical (unpaired) electrons. The summed E-state index contributed by atoms with van der Waals surface area (Å²) < 4.78 is 14.8. The molecule has 0 aliphatic rings. The van der Waals surface area contributed by atoms with Gasteiger partial charge in [-0.2, -0.15) is 0 Å². The topological polar surface area (TPSA) is 33.2 Å². The Bertz CT molecular complexity index is 1100. The summed E-state index contributed by atoms with van der Waals surface area (Å²) in [6, 6.07) is 21.1. The number of hydrogen-bond acceptors (Lipinski definition) is 3. The van der Waals surface area contributed by atoms with Gasteiger partial charge in [0.25, 0.3) is 5.91 Å². The summed E-state index contributed by atoms with van der Waals surface area (Å²) in [4.78, 5) is 19.1. The van der Waals surface area contributed by atoms with Crippen molar-refractivity contribution in [3.63, 3.8) is 0 Å². The molecule has 3 aromatic carbocycles. The number of benzene rings is 3. The van der Waals surface area contributed by atoms with E-state index in [1.807, 2.05) is 30.3 Å². The molecule has 0 saturated carbocycles. The van der Waals surface area contributed by atoms with E-state index in [9.17, 15) is 9.18 Å². The van der Waals surface area contributed by atoms with Crippen LogP contribution in [0.1, 0.15) is 15.9 Å². The molecule has 0 fully saturated rings. The predicted octanol–water partition coefficient (Wildman–Crippen LogP) is 5.94. The van der Waals surface area contributed by atoms with Crippen molar-refractivity contribution in [2.75, 3.05) is 4.90 Å². The van der Waals surface area contributed by atoms with Gasteiger partial charge >= 0.3 is 0 Å². The molecule has 1 aromatic heterocycles. The highest BCUT2D eigenvalue weighted by Gasteiger charge is 2.22. The maximum absolute atomic E-state index is 14.1. The SMILES string of the molecule is O=C(c1ccc(Cl)cc1)N(Cc1ccccc1)c1nc2c(F)cccc2s1. The predicted molar refractivity (Wildman–Crippen MR) is 108 cm³/mol. The summed E-state index contributed by atoms with van der Waals surface area (Å²) >= 11 is 7.23. The van der Waals surface area contributed by atoms with Crippen molar-refractivity contribution in [1.29, 1.82) is 0 Å². The maximum atomic E-state index is 14.1. The Labute approximate surface area is 164 Å². The minimum absolute atomic E-state index is 0.213. The molecule has 27 heavy (non-hydrogen) atoms. The number of carbonyl (C=O) groups is 1. The van der Waals surface area contributed by atoms with E-state index in [2.05, 4.69) is 4.98 Å². The number of fused-ring (bicyclic) bond motifs is 1. The van der Waals surface area contributed by atoms with Gasteiger partial charge in [-0.05, 0) is 42.0 Å². The number of amides is 1. The van der Waals surface area contributed by atoms with Crippen LogP contribution in [0.2, 0.25) is 5.02 Å². The molecule has 1 amide bonds. The molecule has 4 rings (SSSR count). The Morgan fingerprint density at radius 3 is 2.44 bits per heavy atom. The van der Waals surface area contributed by atoms with Crippen molar-refractivity contribution in [1.82, 2.24) is 4.98 Å². The number of carbonyl (C=O) groups excluding carboxylic acids is 1. The lowest BCUT2D eigenvalue weighted by molar-refractivity contribution is 0.0985. The number of rotatable bonds is 4. The zero-order valence-electron chi connectivity index (χ0n) is 14.1. The molecule has 6 heteroatoms. The van der Waals surface area contributed by atoms with Gasteiger partial charge in [0, 0.05) is 10.6 Å². The number of para-hydroxylation sites is 1. The summed E-state index contributed by atoms with van der Waals surface area (Å²) in [5.74, 6) is -0.608. The number of halogens is 2. The molecule has 0 bridgehead atoms. The molecule has 0 atom stereocenters. The van der Waals surface area contributed by atoms with E-state index < -0.39 is 5.82 Å². The highest BCUT2D eigenvalue weighted by molar-refractivity contribution is 7.22. The van der Waals surface area contributed by atoms with Crippen LogP contribution < -0.4 is 4.90 Å². The molecule has 4 aromatic rings. The standard InChI is InChI=1S/C21H14ClFN2OS/c22-16-11-9-15(10-12-16)20(26)25(13-14-5-2-1-3-6-14)21-24-19-17(23)7-4-8-18(19)27-21/h1-12H,13H2. The average Bonchev–Trinajstić information content (AvgIpc) is 3.12. The first-order chi connectivity index (χ1) is 13.1. The van der Waals surface area contributed by atoms with Crippen molar-refractivity contribution in [2.24, 2.45) is 0 Å². The van der Waals surface area contributed by atoms with Crippen molar-refractivity contribution < 1.29 is 9.18 Å². The summed E-state index contributed by atoms with van der Waals surface area (Å²) in [7, 11) is 0. The maximum Gasteiger partial charge on any atom is 0.260 e. The molecule has 0 saturated heterocycles. The number of aromatic nitrogens is 1. The molecule has 3 nitrogen and oxygen atoms in total. The fourth-order valence-corrected chi connectivity index (χ4v) is 3.86. The lowest BCUT2D eigenvalue weighted by atomic mass is 10.1. The molecule has 0 aliphatic carbocycles. The second kappa shape index (κ2) is 7.47. The number of anilines is 1. The van der Waals surface area contributed by atoms with E-state index in [0.29, 0.717) is 27.0 Å². The third kappa shape index (κ3) is 3.70. The number of hydrogen-bond donors (Lipinski definition) is 0. The Morgan fingerprint density at radius 1 is 1.00 bits per heavy atom. The Hall–Kier alpha value is -2.76. The van der Waals surface area contributed by atoms with Crippen LogP contribution >= 0.6 is 22.9 Å². The van der Waals surface area contributed by atoms with E-state index in [0.717, 1.165) is 5.56 Å². The Balaban J connectivity index is 1.78. The van der Waals surface area contributed by atoms with Gasteiger partial charge < -0.3 is 0 Å². The summed E-state index contributed by atoms with van der Waals surface area (Å²) in [6.07, 6.45) is 0. The van der Waals surface area contributed by atoms with Gasteiger partial charge in [-0.1, -0.05) is 59.3 Å². The first kappa shape index (κ1) is 17.6. The third-order valence-corrected chi connectivity index (χ3v) is 5.40. The molecule has 0 aliphatic heterocycles. The normalized spacial score (nSPS) is 10.9. The second-order valence-corrected chi connectivity index (χ2v) is 7.41. The average molecular weight is 397 g/mol. The first-order valence-electron chi connectivity index (χ1n) is 8.28. The van der Waals surface area contributed by atoms with Crippen LogP contribution in [0.3, 0.4) is 0 Å². The van der Waals surface area contributed by atoms with Crippen LogP contribution in [-0.4, -0.2) is 10.9 Å². The van der Waals surface area contributed by atoms with Crippen molar-refractivity contribution in [2.45, 2.75) is 6.54 Å². The second-order valence-electron chi connectivity index (χ2n) is 5.97. The van der Waals surface area contributed by atoms with Gasteiger partial charge in [0.2, 0.25) is 0 Å². The van der Waals surface area contributed by atoms with E-state index in [1.165, 1.54) is 17.4 Å². The largest absolute Gasteiger partial charge is 0.279 e. The molecule has 0 spiro atoms. The summed E-state index contributed by atoms with van der Waals surface area (Å²) in [5, 5.41) is 1.02. The summed E-state index contributed by atoms with van der Waals surface area (Å²) in [5.41, 5.74) is 1.73. The highest BCUT2D eigenvalue weighted by Crippen LogP contribution is 2.32. The van der Waals surface area contributed by atoms with Crippen LogP contribution in [0, 0.1) is 5.82 Å². The highest BCUT2D eigenvalue weighted by atomic mass is 35.5. The van der Waals surface area contributed by atoms with Crippen molar-refractivity contribution >= 4 is 44.2 Å². The van der Waals surface area contributed by atoms with Crippen LogP contribution in [0.4, 0.5) is 9.52 Å². The van der Waals surface area contributed by atoms with Gasteiger partial charge in [0.15, 0.2) is 5.13 Å².